The first kappa shape index (κ1) is 10.9. The Balaban J connectivity index is 1.95. The van der Waals surface area contributed by atoms with Gasteiger partial charge in [-0.05, 0) is 25.0 Å². The Morgan fingerprint density at radius 1 is 1.46 bits per heavy atom. The first-order valence-corrected chi connectivity index (χ1v) is 5.86. The maximum atomic E-state index is 7.07. The van der Waals surface area contributed by atoms with Crippen molar-refractivity contribution in [2.24, 2.45) is 5.73 Å². The molecule has 0 unspecified atom stereocenters. The summed E-state index contributed by atoms with van der Waals surface area (Å²) >= 11 is 2.01. The second kappa shape index (κ2) is 6.27. The molecule has 1 aliphatic rings. The van der Waals surface area contributed by atoms with Crippen molar-refractivity contribution >= 4 is 17.6 Å². The first-order valence-electron chi connectivity index (χ1n) is 4.81. The Morgan fingerprint density at radius 3 is 2.77 bits per heavy atom. The van der Waals surface area contributed by atoms with Crippen molar-refractivity contribution in [3.05, 3.63) is 0 Å². The fraction of sp³-hybridized carbons (Fsp3) is 0.889. The van der Waals surface area contributed by atoms with Crippen LogP contribution in [0.1, 0.15) is 25.7 Å². The third-order valence-electron chi connectivity index (χ3n) is 2.11. The molecule has 76 valence electrons. The van der Waals surface area contributed by atoms with Crippen molar-refractivity contribution < 1.29 is 4.74 Å². The molecule has 0 aromatic carbocycles. The highest BCUT2D eigenvalue weighted by molar-refractivity contribution is 7.99. The molecule has 0 bridgehead atoms. The molecule has 0 aliphatic carbocycles. The quantitative estimate of drug-likeness (QED) is 0.404. The molecule has 1 aliphatic heterocycles. The molecule has 0 amide bonds. The number of thioether (sulfide) groups is 1. The second-order valence-corrected chi connectivity index (χ2v) is 4.72. The summed E-state index contributed by atoms with van der Waals surface area (Å²) in [6.45, 7) is 1.84. The van der Waals surface area contributed by atoms with E-state index in [2.05, 4.69) is 0 Å². The SMILES string of the molecule is N=C(N)CCCSC1CCOCC1. The molecule has 1 heterocycles. The van der Waals surface area contributed by atoms with Gasteiger partial charge < -0.3 is 10.5 Å². The van der Waals surface area contributed by atoms with Crippen LogP contribution in [0.4, 0.5) is 0 Å². The van der Waals surface area contributed by atoms with Crippen LogP contribution < -0.4 is 5.73 Å². The summed E-state index contributed by atoms with van der Waals surface area (Å²) in [6.07, 6.45) is 4.16. The van der Waals surface area contributed by atoms with Gasteiger partial charge in [0, 0.05) is 24.9 Å². The van der Waals surface area contributed by atoms with E-state index in [1.807, 2.05) is 11.8 Å². The number of nitrogens with two attached hydrogens (primary N) is 1. The zero-order valence-corrected chi connectivity index (χ0v) is 8.74. The van der Waals surface area contributed by atoms with Crippen molar-refractivity contribution in [1.29, 1.82) is 5.41 Å². The summed E-state index contributed by atoms with van der Waals surface area (Å²) in [6, 6.07) is 0. The van der Waals surface area contributed by atoms with Gasteiger partial charge in [-0.25, -0.2) is 0 Å². The van der Waals surface area contributed by atoms with Gasteiger partial charge in [0.25, 0.3) is 0 Å². The molecular formula is C9H18N2OS. The van der Waals surface area contributed by atoms with Crippen LogP contribution in [0.25, 0.3) is 0 Å². The van der Waals surface area contributed by atoms with Crippen LogP contribution >= 0.6 is 11.8 Å². The van der Waals surface area contributed by atoms with Gasteiger partial charge in [-0.3, -0.25) is 5.41 Å². The number of hydrogen-bond donors (Lipinski definition) is 2. The minimum absolute atomic E-state index is 0.313. The minimum atomic E-state index is 0.313. The van der Waals surface area contributed by atoms with E-state index in [1.165, 1.54) is 12.8 Å². The third kappa shape index (κ3) is 5.16. The molecule has 0 saturated carbocycles. The summed E-state index contributed by atoms with van der Waals surface area (Å²) in [5.41, 5.74) is 5.27. The van der Waals surface area contributed by atoms with Crippen molar-refractivity contribution in [3.63, 3.8) is 0 Å². The molecule has 0 radical (unpaired) electrons. The summed E-state index contributed by atoms with van der Waals surface area (Å²) in [5.74, 6) is 1.44. The highest BCUT2D eigenvalue weighted by Gasteiger charge is 2.13. The van der Waals surface area contributed by atoms with Gasteiger partial charge in [-0.1, -0.05) is 0 Å². The van der Waals surface area contributed by atoms with E-state index in [1.54, 1.807) is 0 Å². The largest absolute Gasteiger partial charge is 0.388 e. The van der Waals surface area contributed by atoms with Crippen molar-refractivity contribution in [3.8, 4) is 0 Å². The lowest BCUT2D eigenvalue weighted by atomic mass is 10.2. The van der Waals surface area contributed by atoms with Gasteiger partial charge in [0.15, 0.2) is 0 Å². The Bertz CT molecular complexity index is 158. The minimum Gasteiger partial charge on any atom is -0.388 e. The maximum absolute atomic E-state index is 7.07. The van der Waals surface area contributed by atoms with E-state index in [4.69, 9.17) is 15.9 Å². The van der Waals surface area contributed by atoms with E-state index < -0.39 is 0 Å². The summed E-state index contributed by atoms with van der Waals surface area (Å²) in [5, 5.41) is 7.84. The number of ether oxygens (including phenoxy) is 1. The van der Waals surface area contributed by atoms with E-state index in [9.17, 15) is 0 Å². The highest BCUT2D eigenvalue weighted by atomic mass is 32.2. The Labute approximate surface area is 83.9 Å². The van der Waals surface area contributed by atoms with Gasteiger partial charge in [-0.15, -0.1) is 0 Å². The summed E-state index contributed by atoms with van der Waals surface area (Å²) in [7, 11) is 0. The molecule has 0 spiro atoms. The zero-order chi connectivity index (χ0) is 9.52. The predicted octanol–water partition coefficient (Wildman–Crippen LogP) is 1.61. The van der Waals surface area contributed by atoms with Crippen molar-refractivity contribution in [1.82, 2.24) is 0 Å². The van der Waals surface area contributed by atoms with Crippen LogP contribution in [0, 0.1) is 5.41 Å². The molecule has 3 nitrogen and oxygen atoms in total. The number of nitrogens with one attached hydrogen (secondary N) is 1. The fourth-order valence-electron chi connectivity index (χ4n) is 1.36. The molecule has 0 atom stereocenters. The normalized spacial score (nSPS) is 18.8. The first-order chi connectivity index (χ1) is 6.29. The second-order valence-electron chi connectivity index (χ2n) is 3.31. The van der Waals surface area contributed by atoms with Crippen LogP contribution in [0.3, 0.4) is 0 Å². The Morgan fingerprint density at radius 2 is 2.15 bits per heavy atom. The van der Waals surface area contributed by atoms with Gasteiger partial charge in [0.1, 0.15) is 0 Å². The molecule has 0 aromatic heterocycles. The van der Waals surface area contributed by atoms with Gasteiger partial charge in [0.05, 0.1) is 5.84 Å². The standard InChI is InChI=1S/C9H18N2OS/c10-9(11)2-1-7-13-8-3-5-12-6-4-8/h8H,1-7H2,(H3,10,11). The van der Waals surface area contributed by atoms with E-state index >= 15 is 0 Å². The predicted molar refractivity (Wildman–Crippen MR) is 57.4 cm³/mol. The summed E-state index contributed by atoms with van der Waals surface area (Å²) in [4.78, 5) is 0. The molecule has 4 heteroatoms. The molecule has 3 N–H and O–H groups in total. The zero-order valence-electron chi connectivity index (χ0n) is 7.92. The number of amidine groups is 1. The lowest BCUT2D eigenvalue weighted by molar-refractivity contribution is 0.100. The van der Waals surface area contributed by atoms with Gasteiger partial charge in [0.2, 0.25) is 0 Å². The van der Waals surface area contributed by atoms with Crippen LogP contribution in [0.2, 0.25) is 0 Å². The third-order valence-corrected chi connectivity index (χ3v) is 3.58. The lowest BCUT2D eigenvalue weighted by Gasteiger charge is -2.21. The fourth-order valence-corrected chi connectivity index (χ4v) is 2.53. The topological polar surface area (TPSA) is 59.1 Å². The van der Waals surface area contributed by atoms with Crippen LogP contribution in [0.15, 0.2) is 0 Å². The average Bonchev–Trinajstić information content (AvgIpc) is 2.14. The Hall–Kier alpha value is -0.220. The molecule has 1 saturated heterocycles. The highest BCUT2D eigenvalue weighted by Crippen LogP contribution is 2.22. The lowest BCUT2D eigenvalue weighted by Crippen LogP contribution is -2.18. The smallest absolute Gasteiger partial charge is 0.0905 e. The molecular weight excluding hydrogens is 184 g/mol. The van der Waals surface area contributed by atoms with E-state index in [0.29, 0.717) is 5.84 Å². The molecule has 0 aromatic rings. The monoisotopic (exact) mass is 202 g/mol. The average molecular weight is 202 g/mol. The Kier molecular flexibility index (Phi) is 5.23. The number of hydrogen-bond acceptors (Lipinski definition) is 3. The van der Waals surface area contributed by atoms with Crippen molar-refractivity contribution in [2.75, 3.05) is 19.0 Å². The van der Waals surface area contributed by atoms with Gasteiger partial charge in [-0.2, -0.15) is 11.8 Å². The van der Waals surface area contributed by atoms with Gasteiger partial charge >= 0.3 is 0 Å². The molecule has 1 rings (SSSR count). The van der Waals surface area contributed by atoms with Crippen LogP contribution in [-0.4, -0.2) is 30.1 Å². The summed E-state index contributed by atoms with van der Waals surface area (Å²) < 4.78 is 5.28. The van der Waals surface area contributed by atoms with Crippen LogP contribution in [-0.2, 0) is 4.74 Å². The maximum Gasteiger partial charge on any atom is 0.0905 e. The van der Waals surface area contributed by atoms with Crippen molar-refractivity contribution in [2.45, 2.75) is 30.9 Å². The van der Waals surface area contributed by atoms with E-state index in [0.717, 1.165) is 37.1 Å². The number of rotatable bonds is 5. The van der Waals surface area contributed by atoms with Crippen LogP contribution in [0.5, 0.6) is 0 Å². The molecule has 13 heavy (non-hydrogen) atoms. The molecule has 1 fully saturated rings. The van der Waals surface area contributed by atoms with E-state index in [-0.39, 0.29) is 0 Å².